The van der Waals surface area contributed by atoms with Crippen molar-refractivity contribution < 1.29 is 23.1 Å². The van der Waals surface area contributed by atoms with Gasteiger partial charge in [0, 0.05) is 19.6 Å². The van der Waals surface area contributed by atoms with Gasteiger partial charge in [0.1, 0.15) is 6.54 Å². The van der Waals surface area contributed by atoms with E-state index in [2.05, 4.69) is 0 Å². The number of carbonyl (C=O) groups is 2. The maximum Gasteiger partial charge on any atom is 0.323 e. The molecule has 1 aliphatic rings. The summed E-state index contributed by atoms with van der Waals surface area (Å²) in [6, 6.07) is -0.792. The normalized spacial score (nSPS) is 20.9. The first-order chi connectivity index (χ1) is 9.12. The number of hydrogen-bond acceptors (Lipinski definition) is 4. The molecule has 20 heavy (non-hydrogen) atoms. The third-order valence-electron chi connectivity index (χ3n) is 3.24. The molecule has 0 spiro atoms. The predicted octanol–water partition coefficient (Wildman–Crippen LogP) is 0.268. The van der Waals surface area contributed by atoms with E-state index in [0.717, 1.165) is 0 Å². The summed E-state index contributed by atoms with van der Waals surface area (Å²) in [5.41, 5.74) is 0. The minimum atomic E-state index is -3.07. The fourth-order valence-corrected chi connectivity index (χ4v) is 4.05. The molecule has 0 aromatic heterocycles. The number of carbonyl (C=O) groups excluding carboxylic acids is 1. The lowest BCUT2D eigenvalue weighted by molar-refractivity contribution is -0.137. The van der Waals surface area contributed by atoms with Gasteiger partial charge in [0.05, 0.1) is 11.5 Å². The molecule has 0 radical (unpaired) electrons. The quantitative estimate of drug-likeness (QED) is 0.786. The average Bonchev–Trinajstić information content (AvgIpc) is 2.65. The second kappa shape index (κ2) is 6.43. The molecule has 0 aromatic rings. The summed E-state index contributed by atoms with van der Waals surface area (Å²) in [6.45, 7) is 3.74. The fraction of sp³-hybridized carbons (Fsp3) is 0.833. The molecule has 2 amide bonds. The van der Waals surface area contributed by atoms with Gasteiger partial charge in [0.2, 0.25) is 0 Å². The number of rotatable bonds is 5. The number of hydrogen-bond donors (Lipinski definition) is 1. The van der Waals surface area contributed by atoms with E-state index in [1.165, 1.54) is 16.8 Å². The molecule has 1 rings (SSSR count). The van der Waals surface area contributed by atoms with Crippen molar-refractivity contribution in [3.8, 4) is 0 Å². The Balaban J connectivity index is 2.75. The zero-order valence-electron chi connectivity index (χ0n) is 12.1. The van der Waals surface area contributed by atoms with Crippen LogP contribution in [0.3, 0.4) is 0 Å². The number of carboxylic acid groups (broad SMARTS) is 1. The lowest BCUT2D eigenvalue weighted by Crippen LogP contribution is -2.49. The number of sulfone groups is 1. The average molecular weight is 306 g/mol. The van der Waals surface area contributed by atoms with E-state index in [1.807, 2.05) is 13.8 Å². The highest BCUT2D eigenvalue weighted by molar-refractivity contribution is 7.91. The van der Waals surface area contributed by atoms with Crippen LogP contribution in [0.1, 0.15) is 20.3 Å². The van der Waals surface area contributed by atoms with Gasteiger partial charge in [0.25, 0.3) is 0 Å². The van der Waals surface area contributed by atoms with Crippen molar-refractivity contribution in [1.82, 2.24) is 9.80 Å². The first-order valence-electron chi connectivity index (χ1n) is 6.56. The lowest BCUT2D eigenvalue weighted by Gasteiger charge is -2.31. The van der Waals surface area contributed by atoms with E-state index >= 15 is 0 Å². The summed E-state index contributed by atoms with van der Waals surface area (Å²) >= 11 is 0. The van der Waals surface area contributed by atoms with Crippen molar-refractivity contribution in [2.75, 3.05) is 31.6 Å². The molecule has 116 valence electrons. The van der Waals surface area contributed by atoms with Crippen molar-refractivity contribution in [3.63, 3.8) is 0 Å². The Labute approximate surface area is 119 Å². The van der Waals surface area contributed by atoms with Crippen LogP contribution in [0, 0.1) is 5.92 Å². The van der Waals surface area contributed by atoms with E-state index in [0.29, 0.717) is 13.0 Å². The Morgan fingerprint density at radius 2 is 1.95 bits per heavy atom. The van der Waals surface area contributed by atoms with E-state index in [4.69, 9.17) is 5.11 Å². The summed E-state index contributed by atoms with van der Waals surface area (Å²) < 4.78 is 22.9. The van der Waals surface area contributed by atoms with E-state index < -0.39 is 21.8 Å². The van der Waals surface area contributed by atoms with E-state index in [1.54, 1.807) is 0 Å². The van der Waals surface area contributed by atoms with Crippen molar-refractivity contribution >= 4 is 21.8 Å². The Morgan fingerprint density at radius 3 is 2.35 bits per heavy atom. The van der Waals surface area contributed by atoms with E-state index in [-0.39, 0.29) is 30.0 Å². The molecule has 0 saturated carbocycles. The van der Waals surface area contributed by atoms with Gasteiger partial charge in [-0.05, 0) is 12.3 Å². The largest absolute Gasteiger partial charge is 0.480 e. The maximum absolute atomic E-state index is 12.3. The molecule has 0 bridgehead atoms. The van der Waals surface area contributed by atoms with Gasteiger partial charge in [-0.25, -0.2) is 13.2 Å². The molecule has 1 N–H and O–H groups in total. The summed E-state index contributed by atoms with van der Waals surface area (Å²) in [5, 5.41) is 8.87. The summed E-state index contributed by atoms with van der Waals surface area (Å²) in [7, 11) is -1.54. The zero-order chi connectivity index (χ0) is 15.5. The molecule has 1 heterocycles. The molecular formula is C12H22N2O5S. The first-order valence-corrected chi connectivity index (χ1v) is 8.38. The molecule has 0 aliphatic carbocycles. The van der Waals surface area contributed by atoms with Gasteiger partial charge in [-0.2, -0.15) is 0 Å². The SMILES string of the molecule is CC(C)CN(CC(=O)O)C(=O)N(C)C1CCS(=O)(=O)C1. The Hall–Kier alpha value is -1.31. The molecule has 7 nitrogen and oxygen atoms in total. The van der Waals surface area contributed by atoms with Crippen LogP contribution in [0.15, 0.2) is 0 Å². The highest BCUT2D eigenvalue weighted by Crippen LogP contribution is 2.18. The molecule has 0 aromatic carbocycles. The highest BCUT2D eigenvalue weighted by atomic mass is 32.2. The standard InChI is InChI=1S/C12H22N2O5S/c1-9(2)6-14(7-11(15)16)12(17)13(3)10-4-5-20(18,19)8-10/h9-10H,4-8H2,1-3H3,(H,15,16). The molecule has 1 saturated heterocycles. The van der Waals surface area contributed by atoms with Crippen molar-refractivity contribution in [3.05, 3.63) is 0 Å². The first kappa shape index (κ1) is 16.7. The van der Waals surface area contributed by atoms with Gasteiger partial charge in [-0.15, -0.1) is 0 Å². The minimum absolute atomic E-state index is 0.0438. The van der Waals surface area contributed by atoms with Crippen LogP contribution in [-0.4, -0.2) is 73.0 Å². The van der Waals surface area contributed by atoms with Gasteiger partial charge >= 0.3 is 12.0 Å². The van der Waals surface area contributed by atoms with Crippen LogP contribution in [0.4, 0.5) is 4.79 Å². The highest BCUT2D eigenvalue weighted by Gasteiger charge is 2.34. The minimum Gasteiger partial charge on any atom is -0.480 e. The van der Waals surface area contributed by atoms with Crippen LogP contribution in [0.25, 0.3) is 0 Å². The molecule has 1 atom stereocenters. The number of nitrogens with zero attached hydrogens (tertiary/aromatic N) is 2. The van der Waals surface area contributed by atoms with Crippen LogP contribution in [0.5, 0.6) is 0 Å². The van der Waals surface area contributed by atoms with Crippen molar-refractivity contribution in [1.29, 1.82) is 0 Å². The number of urea groups is 1. The maximum atomic E-state index is 12.3. The lowest BCUT2D eigenvalue weighted by atomic mass is 10.2. The predicted molar refractivity (Wildman–Crippen MR) is 74.3 cm³/mol. The van der Waals surface area contributed by atoms with Gasteiger partial charge in [-0.3, -0.25) is 4.79 Å². The zero-order valence-corrected chi connectivity index (χ0v) is 12.9. The molecule has 1 fully saturated rings. The van der Waals surface area contributed by atoms with Crippen LogP contribution < -0.4 is 0 Å². The van der Waals surface area contributed by atoms with Gasteiger partial charge in [-0.1, -0.05) is 13.8 Å². The topological polar surface area (TPSA) is 95.0 Å². The second-order valence-electron chi connectivity index (χ2n) is 5.62. The Morgan fingerprint density at radius 1 is 1.35 bits per heavy atom. The van der Waals surface area contributed by atoms with Crippen LogP contribution in [-0.2, 0) is 14.6 Å². The molecule has 1 aliphatic heterocycles. The summed E-state index contributed by atoms with van der Waals surface area (Å²) in [4.78, 5) is 25.7. The Kier molecular flexibility index (Phi) is 5.38. The third kappa shape index (κ3) is 4.66. The number of carboxylic acids is 1. The van der Waals surface area contributed by atoms with Crippen molar-refractivity contribution in [2.45, 2.75) is 26.3 Å². The monoisotopic (exact) mass is 306 g/mol. The third-order valence-corrected chi connectivity index (χ3v) is 4.99. The number of aliphatic carboxylic acids is 1. The summed E-state index contributed by atoms with van der Waals surface area (Å²) in [5.74, 6) is -0.901. The Bertz CT molecular complexity index is 474. The molecular weight excluding hydrogens is 284 g/mol. The fourth-order valence-electron chi connectivity index (χ4n) is 2.27. The second-order valence-corrected chi connectivity index (χ2v) is 7.85. The summed E-state index contributed by atoms with van der Waals surface area (Å²) in [6.07, 6.45) is 0.410. The van der Waals surface area contributed by atoms with Crippen LogP contribution in [0.2, 0.25) is 0 Å². The smallest absolute Gasteiger partial charge is 0.323 e. The number of amides is 2. The molecule has 1 unspecified atom stereocenters. The van der Waals surface area contributed by atoms with Gasteiger partial charge in [0.15, 0.2) is 9.84 Å². The molecule has 8 heteroatoms. The van der Waals surface area contributed by atoms with E-state index in [9.17, 15) is 18.0 Å². The van der Waals surface area contributed by atoms with Crippen molar-refractivity contribution in [2.24, 2.45) is 5.92 Å². The van der Waals surface area contributed by atoms with Crippen LogP contribution >= 0.6 is 0 Å². The van der Waals surface area contributed by atoms with Gasteiger partial charge < -0.3 is 14.9 Å².